The molecule has 1 aliphatic rings. The van der Waals surface area contributed by atoms with Crippen molar-refractivity contribution in [3.8, 4) is 5.88 Å². The summed E-state index contributed by atoms with van der Waals surface area (Å²) in [6, 6.07) is 0. The van der Waals surface area contributed by atoms with Gasteiger partial charge in [-0.3, -0.25) is 4.79 Å². The number of ether oxygens (including phenoxy) is 1. The van der Waals surface area contributed by atoms with Crippen molar-refractivity contribution in [3.63, 3.8) is 0 Å². The summed E-state index contributed by atoms with van der Waals surface area (Å²) >= 11 is 0. The second kappa shape index (κ2) is 4.23. The first-order valence-electron chi connectivity index (χ1n) is 4.77. The smallest absolute Gasteiger partial charge is 0.310 e. The van der Waals surface area contributed by atoms with Crippen LogP contribution in [0.15, 0.2) is 17.2 Å². The molecule has 5 heteroatoms. The van der Waals surface area contributed by atoms with Crippen LogP contribution in [0.3, 0.4) is 0 Å². The summed E-state index contributed by atoms with van der Waals surface area (Å²) in [5.74, 6) is 0.168. The lowest BCUT2D eigenvalue weighted by Crippen LogP contribution is -2.38. The first-order valence-corrected chi connectivity index (χ1v) is 4.77. The molecule has 2 N–H and O–H groups in total. The number of nitrogens with zero attached hydrogens (tertiary/aromatic N) is 1. The van der Waals surface area contributed by atoms with E-state index in [4.69, 9.17) is 4.74 Å². The van der Waals surface area contributed by atoms with Crippen molar-refractivity contribution in [2.24, 2.45) is 0 Å². The molecule has 0 aliphatic carbocycles. The van der Waals surface area contributed by atoms with E-state index >= 15 is 0 Å². The number of aromatic nitrogens is 2. The Bertz CT molecular complexity index is 344. The summed E-state index contributed by atoms with van der Waals surface area (Å²) < 4.78 is 5.47. The molecule has 1 unspecified atom stereocenters. The molecule has 0 spiro atoms. The van der Waals surface area contributed by atoms with Gasteiger partial charge in [-0.05, 0) is 19.4 Å². The van der Waals surface area contributed by atoms with Crippen molar-refractivity contribution in [1.29, 1.82) is 0 Å². The van der Waals surface area contributed by atoms with Crippen LogP contribution in [0.2, 0.25) is 0 Å². The van der Waals surface area contributed by atoms with Crippen LogP contribution in [0.4, 0.5) is 0 Å². The number of hydrogen-bond donors (Lipinski definition) is 2. The Morgan fingerprint density at radius 1 is 1.57 bits per heavy atom. The highest BCUT2D eigenvalue weighted by Gasteiger charge is 2.15. The van der Waals surface area contributed by atoms with Gasteiger partial charge < -0.3 is 15.0 Å². The molecule has 1 saturated heterocycles. The highest BCUT2D eigenvalue weighted by Crippen LogP contribution is 2.07. The van der Waals surface area contributed by atoms with Crippen LogP contribution in [0.5, 0.6) is 5.88 Å². The molecule has 1 atom stereocenters. The highest BCUT2D eigenvalue weighted by molar-refractivity contribution is 5.03. The van der Waals surface area contributed by atoms with Gasteiger partial charge in [-0.2, -0.15) is 0 Å². The van der Waals surface area contributed by atoms with Gasteiger partial charge in [0.05, 0.1) is 0 Å². The Hall–Kier alpha value is -1.36. The van der Waals surface area contributed by atoms with Crippen molar-refractivity contribution < 1.29 is 4.74 Å². The van der Waals surface area contributed by atoms with Gasteiger partial charge in [-0.25, -0.2) is 4.98 Å². The summed E-state index contributed by atoms with van der Waals surface area (Å²) in [7, 11) is 0. The lowest BCUT2D eigenvalue weighted by molar-refractivity contribution is 0.158. The molecule has 14 heavy (non-hydrogen) atoms. The van der Waals surface area contributed by atoms with Gasteiger partial charge in [0.25, 0.3) is 5.88 Å². The van der Waals surface area contributed by atoms with Crippen LogP contribution >= 0.6 is 0 Å². The zero-order valence-corrected chi connectivity index (χ0v) is 7.82. The fourth-order valence-corrected chi connectivity index (χ4v) is 1.50. The van der Waals surface area contributed by atoms with Crippen LogP contribution < -0.4 is 15.6 Å². The fraction of sp³-hybridized carbons (Fsp3) is 0.556. The van der Waals surface area contributed by atoms with E-state index in [0.29, 0.717) is 0 Å². The molecule has 0 bridgehead atoms. The normalized spacial score (nSPS) is 21.9. The van der Waals surface area contributed by atoms with Gasteiger partial charge in [0.15, 0.2) is 0 Å². The lowest BCUT2D eigenvalue weighted by atomic mass is 10.1. The van der Waals surface area contributed by atoms with Gasteiger partial charge in [0.2, 0.25) is 0 Å². The van der Waals surface area contributed by atoms with E-state index in [1.165, 1.54) is 12.4 Å². The maximum Gasteiger partial charge on any atom is 0.310 e. The van der Waals surface area contributed by atoms with Gasteiger partial charge in [-0.1, -0.05) is 0 Å². The molecule has 2 rings (SSSR count). The Balaban J connectivity index is 2.03. The van der Waals surface area contributed by atoms with Gasteiger partial charge in [0.1, 0.15) is 6.10 Å². The van der Waals surface area contributed by atoms with E-state index in [9.17, 15) is 4.79 Å². The van der Waals surface area contributed by atoms with Crippen LogP contribution in [0, 0.1) is 0 Å². The fourth-order valence-electron chi connectivity index (χ4n) is 1.50. The monoisotopic (exact) mass is 195 g/mol. The minimum Gasteiger partial charge on any atom is -0.469 e. The van der Waals surface area contributed by atoms with Crippen LogP contribution in [0.1, 0.15) is 12.8 Å². The molecule has 5 nitrogen and oxygen atoms in total. The van der Waals surface area contributed by atoms with E-state index in [2.05, 4.69) is 15.3 Å². The second-order valence-electron chi connectivity index (χ2n) is 3.31. The molecule has 1 aliphatic heterocycles. The summed E-state index contributed by atoms with van der Waals surface area (Å²) in [4.78, 5) is 17.6. The number of H-pyrrole nitrogens is 1. The summed E-state index contributed by atoms with van der Waals surface area (Å²) in [5.41, 5.74) is -0.266. The topological polar surface area (TPSA) is 67.0 Å². The molecular formula is C9H13N3O2. The van der Waals surface area contributed by atoms with Crippen molar-refractivity contribution in [2.75, 3.05) is 13.1 Å². The molecule has 1 aromatic heterocycles. The number of nitrogens with one attached hydrogen (secondary N) is 2. The molecular weight excluding hydrogens is 182 g/mol. The molecule has 0 amide bonds. The SMILES string of the molecule is O=c1[nH]ccnc1OC1CCCNC1. The third-order valence-electron chi connectivity index (χ3n) is 2.20. The molecule has 0 saturated carbocycles. The van der Waals surface area contributed by atoms with Gasteiger partial charge >= 0.3 is 5.56 Å². The van der Waals surface area contributed by atoms with Crippen molar-refractivity contribution in [2.45, 2.75) is 18.9 Å². The zero-order chi connectivity index (χ0) is 9.80. The highest BCUT2D eigenvalue weighted by atomic mass is 16.5. The predicted octanol–water partition coefficient (Wildman–Crippen LogP) is -0.0993. The van der Waals surface area contributed by atoms with Gasteiger partial charge in [0, 0.05) is 18.9 Å². The van der Waals surface area contributed by atoms with Crippen molar-refractivity contribution >= 4 is 0 Å². The lowest BCUT2D eigenvalue weighted by Gasteiger charge is -2.22. The second-order valence-corrected chi connectivity index (χ2v) is 3.31. The Labute approximate surface area is 81.5 Å². The average molecular weight is 195 g/mol. The molecule has 76 valence electrons. The maximum absolute atomic E-state index is 11.2. The van der Waals surface area contributed by atoms with Crippen molar-refractivity contribution in [1.82, 2.24) is 15.3 Å². The number of hydrogen-bond acceptors (Lipinski definition) is 4. The molecule has 2 heterocycles. The Kier molecular flexibility index (Phi) is 2.78. The maximum atomic E-state index is 11.2. The zero-order valence-electron chi connectivity index (χ0n) is 7.82. The minimum absolute atomic E-state index is 0.0692. The van der Waals surface area contributed by atoms with E-state index in [0.717, 1.165) is 25.9 Å². The van der Waals surface area contributed by atoms with Crippen molar-refractivity contribution in [3.05, 3.63) is 22.7 Å². The molecule has 1 fully saturated rings. The molecule has 0 radical (unpaired) electrons. The third kappa shape index (κ3) is 2.11. The Morgan fingerprint density at radius 3 is 3.21 bits per heavy atom. The third-order valence-corrected chi connectivity index (χ3v) is 2.20. The predicted molar refractivity (Wildman–Crippen MR) is 51.4 cm³/mol. The largest absolute Gasteiger partial charge is 0.469 e. The van der Waals surface area contributed by atoms with Gasteiger partial charge in [-0.15, -0.1) is 0 Å². The van der Waals surface area contributed by atoms with Crippen LogP contribution in [-0.2, 0) is 0 Å². The van der Waals surface area contributed by atoms with Crippen LogP contribution in [-0.4, -0.2) is 29.2 Å². The standard InChI is InChI=1S/C9H13N3O2/c13-8-9(12-5-4-11-8)14-7-2-1-3-10-6-7/h4-5,7,10H,1-3,6H2,(H,11,13). The Morgan fingerprint density at radius 2 is 2.50 bits per heavy atom. The summed E-state index contributed by atoms with van der Waals surface area (Å²) in [6.45, 7) is 1.81. The quantitative estimate of drug-likeness (QED) is 0.691. The number of aromatic amines is 1. The molecule has 1 aromatic rings. The summed E-state index contributed by atoms with van der Waals surface area (Å²) in [5, 5.41) is 3.21. The summed E-state index contributed by atoms with van der Waals surface area (Å²) in [6.07, 6.45) is 5.14. The van der Waals surface area contributed by atoms with E-state index in [1.807, 2.05) is 0 Å². The minimum atomic E-state index is -0.266. The number of rotatable bonds is 2. The first kappa shape index (κ1) is 9.21. The average Bonchev–Trinajstić information content (AvgIpc) is 2.23. The van der Waals surface area contributed by atoms with E-state index in [1.54, 1.807) is 0 Å². The van der Waals surface area contributed by atoms with E-state index < -0.39 is 0 Å². The van der Waals surface area contributed by atoms with E-state index in [-0.39, 0.29) is 17.5 Å². The molecule has 0 aromatic carbocycles. The van der Waals surface area contributed by atoms with Crippen LogP contribution in [0.25, 0.3) is 0 Å². The first-order chi connectivity index (χ1) is 6.86. The number of piperidine rings is 1.